The maximum Gasteiger partial charge on any atom is 1.00 e. The van der Waals surface area contributed by atoms with E-state index in [2.05, 4.69) is 11.5 Å². The molecule has 0 heterocycles. The number of hydrogen-bond donors (Lipinski definition) is 2. The van der Waals surface area contributed by atoms with Crippen molar-refractivity contribution in [2.24, 2.45) is 11.5 Å². The number of hydrogen-bond acceptors (Lipinski definition) is 14. The summed E-state index contributed by atoms with van der Waals surface area (Å²) < 4.78 is 42.9. The minimum absolute atomic E-state index is 0. The molecule has 0 bridgehead atoms. The molecule has 0 aliphatic heterocycles. The molecule has 0 spiro atoms. The Morgan fingerprint density at radius 2 is 0.464 bits per heavy atom. The van der Waals surface area contributed by atoms with Crippen LogP contribution in [-0.2, 0) is 18.3 Å². The summed E-state index contributed by atoms with van der Waals surface area (Å²) in [5.74, 6) is 0. The number of nitrogens with two attached hydrogens (primary N) is 2. The first kappa shape index (κ1) is 64.5. The second-order valence-electron chi connectivity index (χ2n) is 3.44. The molecule has 0 amide bonds. The van der Waals surface area contributed by atoms with E-state index in [9.17, 15) is 57.4 Å². The van der Waals surface area contributed by atoms with Gasteiger partial charge in [-0.15, -0.1) is 0 Å². The van der Waals surface area contributed by atoms with E-state index in [0.29, 0.717) is 0 Å². The third-order valence-corrected chi connectivity index (χ3v) is 10.6. The molecule has 0 atom stereocenters. The van der Waals surface area contributed by atoms with Gasteiger partial charge in [-0.25, -0.2) is 0 Å². The summed E-state index contributed by atoms with van der Waals surface area (Å²) >= 11 is 0. The molecule has 0 saturated carbocycles. The van der Waals surface area contributed by atoms with E-state index in [1.165, 1.54) is 0 Å². The van der Waals surface area contributed by atoms with Gasteiger partial charge < -0.3 is 68.9 Å². The summed E-state index contributed by atoms with van der Waals surface area (Å²) in [6, 6.07) is 0. The fourth-order valence-corrected chi connectivity index (χ4v) is 8.06. The van der Waals surface area contributed by atoms with Gasteiger partial charge in [0.2, 0.25) is 0 Å². The predicted molar refractivity (Wildman–Crippen MR) is 44.3 cm³/mol. The standard InChI is InChI=1S/C2H12N2O12P4.8K/c3-1(17(5,6)7,18(8,9)10)2(4,19(11,12)13)20(14,15)16;;;;;;;;/h3-4H2,(H2,5,6,7)(H2,8,9,10)(H2,11,12,13)(H2,14,15,16);;;;;;;;/q;8*+1/p-8. The molecule has 0 aliphatic carbocycles. The summed E-state index contributed by atoms with van der Waals surface area (Å²) in [7, 11) is -28.8. The maximum atomic E-state index is 10.7. The van der Waals surface area contributed by atoms with Crippen LogP contribution in [0.2, 0.25) is 0 Å². The van der Waals surface area contributed by atoms with Crippen molar-refractivity contribution in [3.05, 3.63) is 0 Å². The first-order chi connectivity index (χ1) is 8.25. The van der Waals surface area contributed by atoms with Crippen LogP contribution < -0.4 is 462 Å². The Hall–Kier alpha value is 13.6. The van der Waals surface area contributed by atoms with Crippen LogP contribution in [0.25, 0.3) is 0 Å². The molecule has 0 unspecified atom stereocenters. The van der Waals surface area contributed by atoms with E-state index in [-0.39, 0.29) is 411 Å². The van der Waals surface area contributed by atoms with Crippen molar-refractivity contribution in [3.8, 4) is 0 Å². The van der Waals surface area contributed by atoms with E-state index in [1.807, 2.05) is 0 Å². The van der Waals surface area contributed by atoms with Crippen LogP contribution in [0.1, 0.15) is 0 Å². The zero-order valence-electron chi connectivity index (χ0n) is 16.8. The predicted octanol–water partition coefficient (Wildman–Crippen LogP) is -32.1. The van der Waals surface area contributed by atoms with Gasteiger partial charge in [0.05, 0.1) is 10.0 Å². The van der Waals surface area contributed by atoms with E-state index >= 15 is 0 Å². The molecular formula is C2H4K8N2O12P4. The third kappa shape index (κ3) is 17.2. The molecule has 0 radical (unpaired) electrons. The van der Waals surface area contributed by atoms with Crippen molar-refractivity contribution < 1.29 is 468 Å². The fourth-order valence-electron chi connectivity index (χ4n) is 1.11. The molecule has 0 aromatic heterocycles. The fraction of sp³-hybridized carbons (Fsp3) is 1.00. The van der Waals surface area contributed by atoms with Gasteiger partial charge in [-0.2, -0.15) is 0 Å². The van der Waals surface area contributed by atoms with E-state index in [1.54, 1.807) is 0 Å². The number of rotatable bonds is 5. The Morgan fingerprint density at radius 1 is 0.393 bits per heavy atom. The Kier molecular flexibility index (Phi) is 59.7. The average molecular weight is 685 g/mol. The van der Waals surface area contributed by atoms with Crippen molar-refractivity contribution in [2.45, 2.75) is 10.0 Å². The summed E-state index contributed by atoms with van der Waals surface area (Å²) in [5, 5.41) is -10.8. The summed E-state index contributed by atoms with van der Waals surface area (Å²) in [6.45, 7) is 0. The first-order valence-corrected chi connectivity index (χ1v) is 10.1. The van der Waals surface area contributed by atoms with Crippen LogP contribution in [0, 0.1) is 0 Å². The molecular weight excluding hydrogens is 681 g/mol. The maximum absolute atomic E-state index is 10.7. The van der Waals surface area contributed by atoms with Crippen LogP contribution in [0.3, 0.4) is 0 Å². The van der Waals surface area contributed by atoms with Crippen molar-refractivity contribution in [3.63, 3.8) is 0 Å². The van der Waals surface area contributed by atoms with Gasteiger partial charge in [-0.1, -0.05) is 0 Å². The normalized spacial score (nSPS) is 11.6. The smallest absolute Gasteiger partial charge is 0.809 e. The van der Waals surface area contributed by atoms with E-state index in [4.69, 9.17) is 0 Å². The van der Waals surface area contributed by atoms with Crippen LogP contribution in [0.15, 0.2) is 0 Å². The molecule has 0 aromatic rings. The van der Waals surface area contributed by atoms with E-state index < -0.39 is 40.4 Å². The third-order valence-electron chi connectivity index (χ3n) is 2.21. The van der Waals surface area contributed by atoms with Gasteiger partial charge in [0, 0.05) is 0 Å². The minimum Gasteiger partial charge on any atom is -0.809 e. The van der Waals surface area contributed by atoms with Crippen LogP contribution in [0.4, 0.5) is 0 Å². The molecule has 26 heteroatoms. The molecule has 0 rings (SSSR count). The molecule has 14 nitrogen and oxygen atoms in total. The second-order valence-corrected chi connectivity index (χ2v) is 10.9. The van der Waals surface area contributed by atoms with Gasteiger partial charge >= 0.3 is 411 Å². The molecule has 0 aromatic carbocycles. The first-order valence-electron chi connectivity index (χ1n) is 3.91. The van der Waals surface area contributed by atoms with Crippen LogP contribution in [0.5, 0.6) is 0 Å². The minimum atomic E-state index is -7.20. The average Bonchev–Trinajstić information content (AvgIpc) is 2.07. The monoisotopic (exact) mass is 684 g/mol. The summed E-state index contributed by atoms with van der Waals surface area (Å²) in [6.07, 6.45) is 0. The van der Waals surface area contributed by atoms with Crippen molar-refractivity contribution in [1.29, 1.82) is 0 Å². The topological polar surface area (TPSA) is 305 Å². The Morgan fingerprint density at radius 3 is 0.500 bits per heavy atom. The molecule has 0 fully saturated rings. The van der Waals surface area contributed by atoms with Crippen molar-refractivity contribution in [1.82, 2.24) is 0 Å². The van der Waals surface area contributed by atoms with Crippen molar-refractivity contribution in [2.75, 3.05) is 0 Å². The Labute approximate surface area is 501 Å². The van der Waals surface area contributed by atoms with Gasteiger partial charge in [-0.05, 0) is 30.4 Å². The largest absolute Gasteiger partial charge is 1.00 e. The quantitative estimate of drug-likeness (QED) is 0.201. The van der Waals surface area contributed by atoms with Gasteiger partial charge in [0.15, 0.2) is 0 Å². The Balaban J connectivity index is -0.0000000645. The SMILES string of the molecule is NC(C(N)(P(=O)([O-])[O-])P(=O)([O-])[O-])(P(=O)([O-])[O-])P(=O)([O-])[O-].[K+].[K+].[K+].[K+].[K+].[K+].[K+].[K+]. The molecule has 4 N–H and O–H groups in total. The summed E-state index contributed by atoms with van der Waals surface area (Å²) in [5.41, 5.74) is 8.51. The van der Waals surface area contributed by atoms with Crippen molar-refractivity contribution >= 4 is 30.4 Å². The van der Waals surface area contributed by atoms with Gasteiger partial charge in [0.1, 0.15) is 0 Å². The summed E-state index contributed by atoms with van der Waals surface area (Å²) in [4.78, 5) is 85.9. The zero-order chi connectivity index (χ0) is 17.0. The van der Waals surface area contributed by atoms with Gasteiger partial charge in [0.25, 0.3) is 0 Å². The van der Waals surface area contributed by atoms with E-state index in [0.717, 1.165) is 0 Å². The second kappa shape index (κ2) is 25.9. The van der Waals surface area contributed by atoms with Crippen LogP contribution >= 0.6 is 30.4 Å². The van der Waals surface area contributed by atoms with Gasteiger partial charge in [-0.3, -0.25) is 0 Å². The Bertz CT molecular complexity index is 500. The zero-order valence-corrected chi connectivity index (χ0v) is 45.4. The molecule has 0 aliphatic rings. The molecule has 122 valence electrons. The molecule has 28 heavy (non-hydrogen) atoms. The van der Waals surface area contributed by atoms with Crippen LogP contribution in [-0.4, -0.2) is 10.0 Å². The molecule has 0 saturated heterocycles.